The molecule has 0 fully saturated rings. The first kappa shape index (κ1) is 13.3. The van der Waals surface area contributed by atoms with E-state index in [1.807, 2.05) is 25.1 Å². The molecule has 0 amide bonds. The van der Waals surface area contributed by atoms with Crippen LogP contribution in [0.5, 0.6) is 0 Å². The third kappa shape index (κ3) is 2.76. The molecule has 0 aliphatic carbocycles. The summed E-state index contributed by atoms with van der Waals surface area (Å²) in [5.74, 6) is 0.672. The summed E-state index contributed by atoms with van der Waals surface area (Å²) in [6.45, 7) is 1.93. The van der Waals surface area contributed by atoms with Crippen molar-refractivity contribution in [3.8, 4) is 11.5 Å². The number of nitrogens with zero attached hydrogens (tertiary/aromatic N) is 2. The lowest BCUT2D eigenvalue weighted by molar-refractivity contribution is 0.424. The molecule has 2 N–H and O–H groups in total. The van der Waals surface area contributed by atoms with Gasteiger partial charge in [-0.2, -0.15) is 4.98 Å². The Kier molecular flexibility index (Phi) is 3.39. The van der Waals surface area contributed by atoms with Crippen LogP contribution in [0.2, 0.25) is 0 Å². The Bertz CT molecular complexity index is 765. The predicted molar refractivity (Wildman–Crippen MR) is 78.1 cm³/mol. The van der Waals surface area contributed by atoms with Gasteiger partial charge in [0.25, 0.3) is 5.89 Å². The van der Waals surface area contributed by atoms with Crippen LogP contribution in [-0.2, 0) is 6.42 Å². The Labute approximate surface area is 121 Å². The van der Waals surface area contributed by atoms with Crippen LogP contribution in [0.1, 0.15) is 17.0 Å². The molecule has 106 valence electrons. The molecule has 0 aliphatic rings. The monoisotopic (exact) mass is 283 g/mol. The van der Waals surface area contributed by atoms with Gasteiger partial charge < -0.3 is 10.3 Å². The molecule has 1 aromatic heterocycles. The number of halogens is 1. The van der Waals surface area contributed by atoms with E-state index < -0.39 is 0 Å². The maximum atomic E-state index is 12.9. The first-order valence-electron chi connectivity index (χ1n) is 6.56. The second kappa shape index (κ2) is 5.36. The van der Waals surface area contributed by atoms with Crippen molar-refractivity contribution >= 4 is 5.69 Å². The summed E-state index contributed by atoms with van der Waals surface area (Å²) in [5.41, 5.74) is 9.27. The lowest BCUT2D eigenvalue weighted by Gasteiger charge is -2.03. The molecule has 0 bridgehead atoms. The van der Waals surface area contributed by atoms with Crippen molar-refractivity contribution in [3.05, 3.63) is 65.2 Å². The third-order valence-corrected chi connectivity index (χ3v) is 3.30. The minimum absolute atomic E-state index is 0.264. The highest BCUT2D eigenvalue weighted by Crippen LogP contribution is 2.27. The summed E-state index contributed by atoms with van der Waals surface area (Å²) in [7, 11) is 0. The molecule has 2 aromatic carbocycles. The van der Waals surface area contributed by atoms with Crippen molar-refractivity contribution in [2.75, 3.05) is 5.73 Å². The highest BCUT2D eigenvalue weighted by Gasteiger charge is 2.13. The number of aromatic nitrogens is 2. The van der Waals surface area contributed by atoms with Crippen molar-refractivity contribution < 1.29 is 8.91 Å². The van der Waals surface area contributed by atoms with Gasteiger partial charge in [-0.1, -0.05) is 29.4 Å². The topological polar surface area (TPSA) is 64.9 Å². The number of nitrogens with two attached hydrogens (primary N) is 1. The summed E-state index contributed by atoms with van der Waals surface area (Å²) >= 11 is 0. The average molecular weight is 283 g/mol. The van der Waals surface area contributed by atoms with E-state index in [9.17, 15) is 4.39 Å². The summed E-state index contributed by atoms with van der Waals surface area (Å²) in [6, 6.07) is 11.9. The summed E-state index contributed by atoms with van der Waals surface area (Å²) in [4.78, 5) is 4.35. The number of para-hydroxylation sites is 1. The van der Waals surface area contributed by atoms with Crippen molar-refractivity contribution in [2.24, 2.45) is 0 Å². The average Bonchev–Trinajstić information content (AvgIpc) is 2.93. The van der Waals surface area contributed by atoms with Crippen LogP contribution >= 0.6 is 0 Å². The van der Waals surface area contributed by atoms with E-state index in [2.05, 4.69) is 10.1 Å². The van der Waals surface area contributed by atoms with Gasteiger partial charge in [0.2, 0.25) is 0 Å². The van der Waals surface area contributed by atoms with Crippen LogP contribution < -0.4 is 5.73 Å². The SMILES string of the molecule is Cc1cccc(-c2nc(Cc3ccc(F)cc3)no2)c1N. The van der Waals surface area contributed by atoms with Crippen LogP contribution in [0.15, 0.2) is 47.0 Å². The molecule has 0 saturated carbocycles. The smallest absolute Gasteiger partial charge is 0.260 e. The van der Waals surface area contributed by atoms with Gasteiger partial charge in [0.15, 0.2) is 5.82 Å². The Morgan fingerprint density at radius 1 is 1.14 bits per heavy atom. The Morgan fingerprint density at radius 3 is 2.67 bits per heavy atom. The third-order valence-electron chi connectivity index (χ3n) is 3.30. The van der Waals surface area contributed by atoms with E-state index in [4.69, 9.17) is 10.3 Å². The lowest BCUT2D eigenvalue weighted by atomic mass is 10.1. The highest BCUT2D eigenvalue weighted by molar-refractivity contribution is 5.73. The van der Waals surface area contributed by atoms with Crippen LogP contribution in [0.3, 0.4) is 0 Å². The van der Waals surface area contributed by atoms with E-state index in [1.54, 1.807) is 12.1 Å². The molecule has 3 aromatic rings. The molecule has 0 aliphatic heterocycles. The van der Waals surface area contributed by atoms with Crippen LogP contribution in [-0.4, -0.2) is 10.1 Å². The molecule has 5 heteroatoms. The molecule has 4 nitrogen and oxygen atoms in total. The molecular formula is C16H14FN3O. The molecule has 0 saturated heterocycles. The number of hydrogen-bond acceptors (Lipinski definition) is 4. The standard InChI is InChI=1S/C16H14FN3O/c1-10-3-2-4-13(15(10)18)16-19-14(20-21-16)9-11-5-7-12(17)8-6-11/h2-8H,9,18H2,1H3. The second-order valence-electron chi connectivity index (χ2n) is 4.86. The molecule has 0 spiro atoms. The largest absolute Gasteiger partial charge is 0.398 e. The van der Waals surface area contributed by atoms with Crippen LogP contribution in [0.25, 0.3) is 11.5 Å². The molecular weight excluding hydrogens is 269 g/mol. The second-order valence-corrected chi connectivity index (χ2v) is 4.86. The van der Waals surface area contributed by atoms with Crippen LogP contribution in [0, 0.1) is 12.7 Å². The van der Waals surface area contributed by atoms with E-state index >= 15 is 0 Å². The fourth-order valence-electron chi connectivity index (χ4n) is 2.09. The van der Waals surface area contributed by atoms with Gasteiger partial charge in [0.05, 0.1) is 5.56 Å². The minimum Gasteiger partial charge on any atom is -0.398 e. The number of benzene rings is 2. The Morgan fingerprint density at radius 2 is 1.90 bits per heavy atom. The summed E-state index contributed by atoms with van der Waals surface area (Å²) in [6.07, 6.45) is 0.482. The van der Waals surface area contributed by atoms with Crippen molar-refractivity contribution in [2.45, 2.75) is 13.3 Å². The summed E-state index contributed by atoms with van der Waals surface area (Å²) in [5, 5.41) is 3.95. The van der Waals surface area contributed by atoms with E-state index in [0.717, 1.165) is 16.7 Å². The zero-order valence-corrected chi connectivity index (χ0v) is 11.5. The number of aryl methyl sites for hydroxylation is 1. The van der Waals surface area contributed by atoms with E-state index in [0.29, 0.717) is 23.8 Å². The molecule has 0 radical (unpaired) electrons. The number of hydrogen-bond donors (Lipinski definition) is 1. The van der Waals surface area contributed by atoms with Gasteiger partial charge in [-0.05, 0) is 36.2 Å². The molecule has 0 atom stereocenters. The molecule has 3 rings (SSSR count). The van der Waals surface area contributed by atoms with Crippen molar-refractivity contribution in [3.63, 3.8) is 0 Å². The first-order valence-corrected chi connectivity index (χ1v) is 6.56. The number of rotatable bonds is 3. The van der Waals surface area contributed by atoms with Crippen molar-refractivity contribution in [1.29, 1.82) is 0 Å². The molecule has 21 heavy (non-hydrogen) atoms. The normalized spacial score (nSPS) is 10.8. The lowest BCUT2D eigenvalue weighted by Crippen LogP contribution is -1.94. The zero-order chi connectivity index (χ0) is 14.8. The molecule has 1 heterocycles. The summed E-state index contributed by atoms with van der Waals surface area (Å²) < 4.78 is 18.1. The first-order chi connectivity index (χ1) is 10.1. The number of anilines is 1. The maximum Gasteiger partial charge on any atom is 0.260 e. The van der Waals surface area contributed by atoms with Crippen LogP contribution in [0.4, 0.5) is 10.1 Å². The van der Waals surface area contributed by atoms with Gasteiger partial charge in [-0.25, -0.2) is 4.39 Å². The minimum atomic E-state index is -0.264. The van der Waals surface area contributed by atoms with E-state index in [-0.39, 0.29) is 5.82 Å². The van der Waals surface area contributed by atoms with Crippen molar-refractivity contribution in [1.82, 2.24) is 10.1 Å². The van der Waals surface area contributed by atoms with Gasteiger partial charge >= 0.3 is 0 Å². The van der Waals surface area contributed by atoms with Gasteiger partial charge in [0, 0.05) is 12.1 Å². The molecule has 0 unspecified atom stereocenters. The van der Waals surface area contributed by atoms with Gasteiger partial charge in [-0.15, -0.1) is 0 Å². The maximum absolute atomic E-state index is 12.9. The quantitative estimate of drug-likeness (QED) is 0.748. The Hall–Kier alpha value is -2.69. The zero-order valence-electron chi connectivity index (χ0n) is 11.5. The predicted octanol–water partition coefficient (Wildman–Crippen LogP) is 3.36. The fraction of sp³-hybridized carbons (Fsp3) is 0.125. The highest BCUT2D eigenvalue weighted by atomic mass is 19.1. The van der Waals surface area contributed by atoms with Gasteiger partial charge in [-0.3, -0.25) is 0 Å². The Balaban J connectivity index is 1.86. The van der Waals surface area contributed by atoms with Gasteiger partial charge in [0.1, 0.15) is 5.82 Å². The number of nitrogen functional groups attached to an aromatic ring is 1. The fourth-order valence-corrected chi connectivity index (χ4v) is 2.09. The van der Waals surface area contributed by atoms with E-state index in [1.165, 1.54) is 12.1 Å².